The van der Waals surface area contributed by atoms with Crippen LogP contribution < -0.4 is 21.9 Å². The Morgan fingerprint density at radius 1 is 0.419 bits per heavy atom. The van der Waals surface area contributed by atoms with E-state index in [1.54, 1.807) is 101 Å². The van der Waals surface area contributed by atoms with Gasteiger partial charge in [0.1, 0.15) is 23.2 Å². The lowest BCUT2D eigenvalue weighted by molar-refractivity contribution is -0.124. The molecule has 13 rings (SSSR count). The topological polar surface area (TPSA) is 401 Å². The molecule has 4 amide bonds. The summed E-state index contributed by atoms with van der Waals surface area (Å²) in [5.41, 5.74) is 20.9. The maximum absolute atomic E-state index is 11.3. The van der Waals surface area contributed by atoms with E-state index in [2.05, 4.69) is 69.4 Å². The molecule has 0 spiro atoms. The van der Waals surface area contributed by atoms with Crippen LogP contribution in [0.5, 0.6) is 0 Å². The number of benzene rings is 5. The highest BCUT2D eigenvalue weighted by molar-refractivity contribution is 5.94. The molecule has 1 atom stereocenters. The minimum absolute atomic E-state index is 0.00185. The van der Waals surface area contributed by atoms with Crippen molar-refractivity contribution in [2.45, 2.75) is 51.5 Å². The lowest BCUT2D eigenvalue weighted by atomic mass is 10.1. The van der Waals surface area contributed by atoms with Crippen molar-refractivity contribution in [1.82, 2.24) is 80.1 Å². The Balaban J connectivity index is 0.000000151. The summed E-state index contributed by atoms with van der Waals surface area (Å²) in [5.74, 6) is 0.742. The largest absolute Gasteiger partial charge is 0.396 e. The molecule has 105 heavy (non-hydrogen) atoms. The molecule has 534 valence electrons. The number of imidazole rings is 4. The van der Waals surface area contributed by atoms with Gasteiger partial charge in [0.05, 0.1) is 76.5 Å². The third kappa shape index (κ3) is 20.2. The van der Waals surface area contributed by atoms with E-state index in [-0.39, 0.29) is 26.4 Å². The van der Waals surface area contributed by atoms with Gasteiger partial charge in [-0.2, -0.15) is 0 Å². The highest BCUT2D eigenvalue weighted by atomic mass is 16.5. The minimum atomic E-state index is -0.928. The lowest BCUT2D eigenvalue weighted by Gasteiger charge is -2.12. The van der Waals surface area contributed by atoms with Gasteiger partial charge in [0.2, 0.25) is 0 Å². The van der Waals surface area contributed by atoms with Gasteiger partial charge in [-0.1, -0.05) is 66.7 Å². The monoisotopic (exact) mass is 1410 g/mol. The molecule has 8 heterocycles. The van der Waals surface area contributed by atoms with Crippen LogP contribution >= 0.6 is 0 Å². The van der Waals surface area contributed by atoms with Crippen molar-refractivity contribution in [2.75, 3.05) is 19.8 Å². The molecule has 12 N–H and O–H groups in total. The highest BCUT2D eigenvalue weighted by Gasteiger charge is 2.19. The summed E-state index contributed by atoms with van der Waals surface area (Å²) >= 11 is 0. The fourth-order valence-electron chi connectivity index (χ4n) is 11.2. The first-order valence-corrected chi connectivity index (χ1v) is 32.9. The molecule has 0 aliphatic rings. The molecule has 5 aromatic carbocycles. The van der Waals surface area contributed by atoms with Gasteiger partial charge in [0.15, 0.2) is 5.82 Å². The van der Waals surface area contributed by atoms with E-state index in [0.29, 0.717) is 43.1 Å². The molecule has 0 radical (unpaired) electrons. The van der Waals surface area contributed by atoms with E-state index in [0.717, 1.165) is 108 Å². The molecule has 0 aliphatic carbocycles. The van der Waals surface area contributed by atoms with Crippen molar-refractivity contribution in [3.8, 4) is 34.3 Å². The molecule has 28 nitrogen and oxygen atoms in total. The molecule has 28 heteroatoms. The van der Waals surface area contributed by atoms with Crippen molar-refractivity contribution in [3.63, 3.8) is 0 Å². The third-order valence-corrected chi connectivity index (χ3v) is 16.1. The SMILES string of the molecule is O=C(/C=C/c1ccc2c(c1)nc(-c1ccccn1)n2CC(O)CO)NO.O=C(/C=C/c1ccc2c(c1)nc(-c1ccncc1)n2CCCO)NO.O=C(/C=C/c1ccc2c(c1)nc(-c1ccncc1)n2CCO)NO.O=C(/C=C/c1ccc2c(c1)nc(CCc1ccccc1)n2Cc1cccnc1)NO. The number of carbonyl (C=O) groups excluding carboxylic acids is 4. The molecule has 8 aromatic heterocycles. The standard InChI is InChI=1S/C24H22N4O2.C18H18N4O4.C18H18N4O3.C17H16N4O3/c29-24(27-30)13-10-19-8-11-22-21(15-19)26-23(12-9-18-5-2-1-3-6-18)28(22)17-20-7-4-14-25-16-20;23-11-13(24)10-22-16-6-4-12(5-7-17(25)21-26)9-15(16)20-18(22)14-3-1-2-8-19-14;23-11-1-10-22-16-4-2-13(3-5-17(24)21-25)12-15(16)20-18(22)14-6-8-19-9-7-14;22-10-9-21-15-3-1-12(2-4-16(23)20-24)11-14(15)19-17(21)13-5-7-18-8-6-13/h1-8,10-11,13-16,30H,9,12,17H2,(H,27,29);1-9,13,23-24,26H,10-11H2,(H,21,25);2-9,12,23,25H,1,10-11H2,(H,21,24);1-8,11,22,24H,9-10H2,(H,20,23)/b13-10+;7-5+;5-3+;4-2+. The summed E-state index contributed by atoms with van der Waals surface area (Å²) in [7, 11) is 0. The molecule has 0 fully saturated rings. The second kappa shape index (κ2) is 37.7. The van der Waals surface area contributed by atoms with Crippen LogP contribution in [0.15, 0.2) is 225 Å². The number of rotatable bonds is 24. The fraction of sp³-hybridized carbons (Fsp3) is 0.143. The molecular weight excluding hydrogens is 1340 g/mol. The van der Waals surface area contributed by atoms with Gasteiger partial charge in [0, 0.05) is 105 Å². The number of amides is 4. The second-order valence-corrected chi connectivity index (χ2v) is 23.2. The van der Waals surface area contributed by atoms with Gasteiger partial charge in [-0.3, -0.25) is 59.9 Å². The van der Waals surface area contributed by atoms with E-state index < -0.39 is 29.7 Å². The number of nitrogens with zero attached hydrogens (tertiary/aromatic N) is 12. The van der Waals surface area contributed by atoms with E-state index in [9.17, 15) is 39.6 Å². The number of hydroxylamine groups is 4. The van der Waals surface area contributed by atoms with Crippen molar-refractivity contribution in [3.05, 3.63) is 265 Å². The van der Waals surface area contributed by atoms with Gasteiger partial charge in [-0.15, -0.1) is 0 Å². The van der Waals surface area contributed by atoms with E-state index in [1.807, 2.05) is 120 Å². The molecule has 0 aliphatic heterocycles. The Kier molecular flexibility index (Phi) is 26.8. The molecular formula is C77H74N16O12. The predicted molar refractivity (Wildman–Crippen MR) is 394 cm³/mol. The summed E-state index contributed by atoms with van der Waals surface area (Å²) in [6.45, 7) is 1.67. The Labute approximate surface area is 600 Å². The summed E-state index contributed by atoms with van der Waals surface area (Å²) in [5, 5.41) is 71.9. The van der Waals surface area contributed by atoms with Crippen molar-refractivity contribution in [1.29, 1.82) is 0 Å². The van der Waals surface area contributed by atoms with Crippen molar-refractivity contribution in [2.24, 2.45) is 0 Å². The lowest BCUT2D eigenvalue weighted by Crippen LogP contribution is -2.20. The maximum atomic E-state index is 11.3. The van der Waals surface area contributed by atoms with Gasteiger partial charge in [0.25, 0.3) is 23.6 Å². The number of fused-ring (bicyclic) bond motifs is 4. The first-order chi connectivity index (χ1) is 51.3. The number of hydrogen-bond acceptors (Lipinski definition) is 20. The quantitative estimate of drug-likeness (QED) is 0.0153. The number of aryl methyl sites for hydroxylation is 3. The van der Waals surface area contributed by atoms with Crippen LogP contribution in [0.25, 0.3) is 103 Å². The minimum Gasteiger partial charge on any atom is -0.396 e. The Morgan fingerprint density at radius 3 is 1.30 bits per heavy atom. The maximum Gasteiger partial charge on any atom is 0.267 e. The van der Waals surface area contributed by atoms with Crippen LogP contribution in [0.2, 0.25) is 0 Å². The van der Waals surface area contributed by atoms with E-state index in [4.69, 9.17) is 30.8 Å². The summed E-state index contributed by atoms with van der Waals surface area (Å²) < 4.78 is 8.03. The average Bonchev–Trinajstić information content (AvgIpc) is 1.66. The molecule has 1 unspecified atom stereocenters. The van der Waals surface area contributed by atoms with Crippen LogP contribution in [0.4, 0.5) is 0 Å². The second-order valence-electron chi connectivity index (χ2n) is 23.2. The van der Waals surface area contributed by atoms with Gasteiger partial charge in [-0.05, 0) is 162 Å². The van der Waals surface area contributed by atoms with Crippen molar-refractivity contribution < 1.29 is 60.4 Å². The molecule has 0 bridgehead atoms. The van der Waals surface area contributed by atoms with Crippen LogP contribution in [-0.4, -0.2) is 149 Å². The predicted octanol–water partition coefficient (Wildman–Crippen LogP) is 8.36. The summed E-state index contributed by atoms with van der Waals surface area (Å²) in [6, 6.07) is 49.9. The third-order valence-electron chi connectivity index (χ3n) is 16.1. The van der Waals surface area contributed by atoms with Crippen LogP contribution in [0.1, 0.15) is 45.6 Å². The highest BCUT2D eigenvalue weighted by Crippen LogP contribution is 2.30. The molecule has 0 saturated carbocycles. The van der Waals surface area contributed by atoms with Gasteiger partial charge in [-0.25, -0.2) is 41.9 Å². The zero-order chi connectivity index (χ0) is 73.9. The van der Waals surface area contributed by atoms with Crippen LogP contribution in [0.3, 0.4) is 0 Å². The number of aromatic nitrogens is 12. The normalized spacial score (nSPS) is 11.6. The van der Waals surface area contributed by atoms with Crippen molar-refractivity contribution >= 4 is 92.1 Å². The first-order valence-electron chi connectivity index (χ1n) is 32.9. The zero-order valence-corrected chi connectivity index (χ0v) is 56.4. The van der Waals surface area contributed by atoms with Gasteiger partial charge < -0.3 is 38.7 Å². The smallest absolute Gasteiger partial charge is 0.267 e. The summed E-state index contributed by atoms with van der Waals surface area (Å²) in [4.78, 5) is 80.0. The number of aliphatic hydroxyl groups excluding tert-OH is 4. The number of pyridine rings is 4. The first kappa shape index (κ1) is 74.8. The zero-order valence-electron chi connectivity index (χ0n) is 56.4. The van der Waals surface area contributed by atoms with Gasteiger partial charge >= 0.3 is 0 Å². The number of aliphatic hydroxyl groups is 4. The average molecular weight is 1420 g/mol. The van der Waals surface area contributed by atoms with Crippen LogP contribution in [-0.2, 0) is 58.2 Å². The summed E-state index contributed by atoms with van der Waals surface area (Å²) in [6.07, 6.45) is 24.9. The number of nitrogens with one attached hydrogen (secondary N) is 4. The van der Waals surface area contributed by atoms with E-state index in [1.165, 1.54) is 35.3 Å². The molecule has 0 saturated heterocycles. The van der Waals surface area contributed by atoms with Crippen LogP contribution in [0, 0.1) is 0 Å². The Hall–Kier alpha value is -12.9. The fourth-order valence-corrected chi connectivity index (χ4v) is 11.2. The number of hydrogen-bond donors (Lipinski definition) is 12. The van der Waals surface area contributed by atoms with E-state index >= 15 is 0 Å². The number of carbonyl (C=O) groups is 4. The molecule has 13 aromatic rings. The Bertz CT molecular complexity index is 5180. The Morgan fingerprint density at radius 2 is 0.867 bits per heavy atom.